The summed E-state index contributed by atoms with van der Waals surface area (Å²) in [5.74, 6) is 0. The zero-order valence-electron chi connectivity index (χ0n) is 11.7. The van der Waals surface area contributed by atoms with Gasteiger partial charge in [-0.2, -0.15) is 4.31 Å². The number of sulfonamides is 1. The van der Waals surface area contributed by atoms with Crippen LogP contribution in [0.15, 0.2) is 27.6 Å². The molecule has 4 nitrogen and oxygen atoms in total. The number of nitrogens with two attached hydrogens (primary N) is 1. The average Bonchev–Trinajstić information content (AvgIpc) is 2.69. The van der Waals surface area contributed by atoms with Crippen molar-refractivity contribution in [1.82, 2.24) is 4.31 Å². The second-order valence-corrected chi connectivity index (χ2v) is 8.23. The van der Waals surface area contributed by atoms with Crippen LogP contribution >= 0.6 is 15.9 Å². The minimum absolute atomic E-state index is 0.0841. The lowest BCUT2D eigenvalue weighted by Gasteiger charge is -2.27. The Morgan fingerprint density at radius 1 is 1.20 bits per heavy atom. The van der Waals surface area contributed by atoms with Crippen molar-refractivity contribution in [3.05, 3.63) is 22.7 Å². The SMILES string of the molecule is CN(C1CCCCCC1)S(=O)(=O)c1cc(Br)ccc1N. The Kier molecular flexibility index (Phi) is 5.09. The average molecular weight is 361 g/mol. The number of rotatable bonds is 3. The normalized spacial score (nSPS) is 18.1. The molecule has 0 saturated heterocycles. The topological polar surface area (TPSA) is 63.4 Å². The van der Waals surface area contributed by atoms with Crippen LogP contribution in [0.25, 0.3) is 0 Å². The number of anilines is 1. The van der Waals surface area contributed by atoms with Crippen LogP contribution in [-0.4, -0.2) is 25.8 Å². The van der Waals surface area contributed by atoms with Crippen LogP contribution in [0.4, 0.5) is 5.69 Å². The minimum atomic E-state index is -3.53. The number of benzene rings is 1. The van der Waals surface area contributed by atoms with Crippen LogP contribution in [-0.2, 0) is 10.0 Å². The summed E-state index contributed by atoms with van der Waals surface area (Å²) in [6.45, 7) is 0. The lowest BCUT2D eigenvalue weighted by Crippen LogP contribution is -2.37. The molecule has 112 valence electrons. The van der Waals surface area contributed by atoms with E-state index in [4.69, 9.17) is 5.73 Å². The molecule has 1 aromatic carbocycles. The standard InChI is InChI=1S/C14H21BrN2O2S/c1-17(12-6-4-2-3-5-7-12)20(18,19)14-10-11(15)8-9-13(14)16/h8-10,12H,2-7,16H2,1H3. The molecule has 0 spiro atoms. The molecule has 2 N–H and O–H groups in total. The van der Waals surface area contributed by atoms with Gasteiger partial charge in [0.25, 0.3) is 0 Å². The van der Waals surface area contributed by atoms with Crippen molar-refractivity contribution in [2.45, 2.75) is 49.5 Å². The van der Waals surface area contributed by atoms with Crippen LogP contribution in [0.3, 0.4) is 0 Å². The summed E-state index contributed by atoms with van der Waals surface area (Å²) in [6.07, 6.45) is 6.46. The summed E-state index contributed by atoms with van der Waals surface area (Å²) >= 11 is 3.31. The lowest BCUT2D eigenvalue weighted by molar-refractivity contribution is 0.336. The largest absolute Gasteiger partial charge is 0.398 e. The second kappa shape index (κ2) is 6.45. The Labute approximate surface area is 129 Å². The van der Waals surface area contributed by atoms with Gasteiger partial charge >= 0.3 is 0 Å². The molecule has 0 amide bonds. The number of hydrogen-bond donors (Lipinski definition) is 1. The zero-order chi connectivity index (χ0) is 14.8. The highest BCUT2D eigenvalue weighted by atomic mass is 79.9. The molecule has 0 unspecified atom stereocenters. The lowest BCUT2D eigenvalue weighted by atomic mass is 10.1. The van der Waals surface area contributed by atoms with E-state index in [-0.39, 0.29) is 10.9 Å². The van der Waals surface area contributed by atoms with Crippen LogP contribution in [0.2, 0.25) is 0 Å². The van der Waals surface area contributed by atoms with Crippen LogP contribution in [0.1, 0.15) is 38.5 Å². The molecule has 1 aliphatic carbocycles. The maximum atomic E-state index is 12.7. The van der Waals surface area contributed by atoms with Gasteiger partial charge in [-0.25, -0.2) is 8.42 Å². The van der Waals surface area contributed by atoms with E-state index in [1.54, 1.807) is 25.2 Å². The molecular formula is C14H21BrN2O2S. The predicted octanol–water partition coefficient (Wildman–Crippen LogP) is 3.37. The quantitative estimate of drug-likeness (QED) is 0.663. The Hall–Kier alpha value is -0.590. The Morgan fingerprint density at radius 3 is 2.40 bits per heavy atom. The fourth-order valence-electron chi connectivity index (χ4n) is 2.70. The Balaban J connectivity index is 2.31. The molecule has 1 aromatic rings. The molecule has 6 heteroatoms. The van der Waals surface area contributed by atoms with E-state index in [1.165, 1.54) is 17.1 Å². The summed E-state index contributed by atoms with van der Waals surface area (Å²) < 4.78 is 27.7. The first kappa shape index (κ1) is 15.8. The summed E-state index contributed by atoms with van der Waals surface area (Å²) in [5.41, 5.74) is 6.15. The van der Waals surface area contributed by atoms with Gasteiger partial charge in [0.15, 0.2) is 0 Å². The van der Waals surface area contributed by atoms with E-state index in [1.807, 2.05) is 0 Å². The molecule has 0 bridgehead atoms. The minimum Gasteiger partial charge on any atom is -0.398 e. The van der Waals surface area contributed by atoms with Crippen molar-refractivity contribution >= 4 is 31.6 Å². The van der Waals surface area contributed by atoms with Crippen LogP contribution in [0, 0.1) is 0 Å². The molecular weight excluding hydrogens is 340 g/mol. The monoisotopic (exact) mass is 360 g/mol. The Bertz CT molecular complexity index is 567. The number of nitrogen functional groups attached to an aromatic ring is 1. The van der Waals surface area contributed by atoms with E-state index < -0.39 is 10.0 Å². The summed E-state index contributed by atoms with van der Waals surface area (Å²) in [7, 11) is -1.86. The van der Waals surface area contributed by atoms with Crippen molar-refractivity contribution < 1.29 is 8.42 Å². The maximum absolute atomic E-state index is 12.7. The van der Waals surface area contributed by atoms with Gasteiger partial charge in [0.05, 0.1) is 5.69 Å². The zero-order valence-corrected chi connectivity index (χ0v) is 14.1. The number of nitrogens with zero attached hydrogens (tertiary/aromatic N) is 1. The number of hydrogen-bond acceptors (Lipinski definition) is 3. The van der Waals surface area contributed by atoms with Gasteiger partial charge in [-0.1, -0.05) is 41.6 Å². The van der Waals surface area contributed by atoms with E-state index in [9.17, 15) is 8.42 Å². The third-order valence-corrected chi connectivity index (χ3v) is 6.43. The highest BCUT2D eigenvalue weighted by molar-refractivity contribution is 9.10. The molecule has 0 aromatic heterocycles. The predicted molar refractivity (Wildman–Crippen MR) is 85.0 cm³/mol. The second-order valence-electron chi connectivity index (χ2n) is 5.35. The fourth-order valence-corrected chi connectivity index (χ4v) is 4.77. The van der Waals surface area contributed by atoms with Gasteiger partial charge in [0.1, 0.15) is 4.90 Å². The molecule has 1 fully saturated rings. The van der Waals surface area contributed by atoms with E-state index in [0.29, 0.717) is 5.69 Å². The van der Waals surface area contributed by atoms with Crippen LogP contribution in [0.5, 0.6) is 0 Å². The smallest absolute Gasteiger partial charge is 0.245 e. The highest BCUT2D eigenvalue weighted by Gasteiger charge is 2.29. The van der Waals surface area contributed by atoms with Gasteiger partial charge in [-0.05, 0) is 31.0 Å². The van der Waals surface area contributed by atoms with Gasteiger partial charge < -0.3 is 5.73 Å². The van der Waals surface area contributed by atoms with Crippen molar-refractivity contribution in [2.24, 2.45) is 0 Å². The summed E-state index contributed by atoms with van der Waals surface area (Å²) in [5, 5.41) is 0. The molecule has 0 aliphatic heterocycles. The third-order valence-electron chi connectivity index (χ3n) is 3.97. The van der Waals surface area contributed by atoms with E-state index in [2.05, 4.69) is 15.9 Å². The first-order valence-electron chi connectivity index (χ1n) is 6.96. The van der Waals surface area contributed by atoms with E-state index >= 15 is 0 Å². The van der Waals surface area contributed by atoms with Crippen LogP contribution < -0.4 is 5.73 Å². The molecule has 1 saturated carbocycles. The molecule has 2 rings (SSSR count). The highest BCUT2D eigenvalue weighted by Crippen LogP contribution is 2.29. The van der Waals surface area contributed by atoms with Crippen molar-refractivity contribution in [3.63, 3.8) is 0 Å². The molecule has 0 atom stereocenters. The van der Waals surface area contributed by atoms with Gasteiger partial charge in [-0.3, -0.25) is 0 Å². The number of halogens is 1. The summed E-state index contributed by atoms with van der Waals surface area (Å²) in [4.78, 5) is 0.193. The van der Waals surface area contributed by atoms with Crippen molar-refractivity contribution in [3.8, 4) is 0 Å². The molecule has 0 heterocycles. The first-order chi connectivity index (χ1) is 9.43. The Morgan fingerprint density at radius 2 is 1.80 bits per heavy atom. The molecule has 20 heavy (non-hydrogen) atoms. The van der Waals surface area contributed by atoms with Gasteiger partial charge in [0.2, 0.25) is 10.0 Å². The molecule has 0 radical (unpaired) electrons. The van der Waals surface area contributed by atoms with Gasteiger partial charge in [0, 0.05) is 17.6 Å². The summed E-state index contributed by atoms with van der Waals surface area (Å²) in [6, 6.07) is 5.04. The van der Waals surface area contributed by atoms with Crippen molar-refractivity contribution in [1.29, 1.82) is 0 Å². The third kappa shape index (κ3) is 3.35. The fraction of sp³-hybridized carbons (Fsp3) is 0.571. The first-order valence-corrected chi connectivity index (χ1v) is 9.19. The maximum Gasteiger partial charge on any atom is 0.245 e. The van der Waals surface area contributed by atoms with Gasteiger partial charge in [-0.15, -0.1) is 0 Å². The van der Waals surface area contributed by atoms with E-state index in [0.717, 1.165) is 30.2 Å². The molecule has 1 aliphatic rings. The van der Waals surface area contributed by atoms with Crippen molar-refractivity contribution in [2.75, 3.05) is 12.8 Å².